The molecule has 7 atom stereocenters. The Bertz CT molecular complexity index is 1140. The van der Waals surface area contributed by atoms with E-state index in [4.69, 9.17) is 9.47 Å². The quantitative estimate of drug-likeness (QED) is 0.0330. The molecular formula is C66H131NO8. The molecular weight excluding hydrogens is 935 g/mol. The van der Waals surface area contributed by atoms with Crippen LogP contribution in [0.2, 0.25) is 0 Å². The fourth-order valence-electron chi connectivity index (χ4n) is 11.4. The van der Waals surface area contributed by atoms with Crippen LogP contribution in [0.5, 0.6) is 0 Å². The predicted molar refractivity (Wildman–Crippen MR) is 318 cm³/mol. The normalized spacial score (nSPS) is 18.7. The van der Waals surface area contributed by atoms with Gasteiger partial charge in [-0.3, -0.25) is 4.79 Å². The zero-order chi connectivity index (χ0) is 54.3. The van der Waals surface area contributed by atoms with Crippen molar-refractivity contribution in [2.24, 2.45) is 0 Å². The monoisotopic (exact) mass is 1070 g/mol. The molecule has 0 aromatic carbocycles. The van der Waals surface area contributed by atoms with Gasteiger partial charge in [-0.05, 0) is 12.8 Å². The van der Waals surface area contributed by atoms with Crippen LogP contribution >= 0.6 is 0 Å². The summed E-state index contributed by atoms with van der Waals surface area (Å²) in [7, 11) is 0. The standard InChI is InChI=1S/C66H131NO8/c1-3-5-7-9-11-13-15-17-19-21-23-25-26-27-28-29-30-31-32-33-34-36-37-39-41-43-45-47-49-51-53-55-60(69)59(58-74-66-65(73)64(72)63(71)61(57-68)75-66)67-62(70)56-54-52-50-48-46-44-42-40-38-35-24-22-20-18-16-14-12-10-8-6-4-2/h59-61,63-66,68-69,71-73H,3-58H2,1-2H3,(H,67,70). The predicted octanol–water partition coefficient (Wildman–Crippen LogP) is 17.8. The number of carbonyl (C=O) groups is 1. The fraction of sp³-hybridized carbons (Fsp3) is 0.985. The van der Waals surface area contributed by atoms with E-state index in [1.165, 1.54) is 295 Å². The molecule has 75 heavy (non-hydrogen) atoms. The molecule has 0 spiro atoms. The van der Waals surface area contributed by atoms with Crippen LogP contribution in [0.1, 0.15) is 361 Å². The summed E-state index contributed by atoms with van der Waals surface area (Å²) in [6, 6.07) is -0.715. The lowest BCUT2D eigenvalue weighted by Gasteiger charge is -2.40. The molecule has 0 bridgehead atoms. The molecule has 1 aliphatic heterocycles. The Morgan fingerprint density at radius 3 is 0.947 bits per heavy atom. The van der Waals surface area contributed by atoms with Gasteiger partial charge in [0.15, 0.2) is 6.29 Å². The summed E-state index contributed by atoms with van der Waals surface area (Å²) in [6.45, 7) is 3.90. The molecule has 1 rings (SSSR count). The minimum Gasteiger partial charge on any atom is -0.394 e. The van der Waals surface area contributed by atoms with Gasteiger partial charge in [0.25, 0.3) is 0 Å². The first-order valence-corrected chi connectivity index (χ1v) is 33.7. The summed E-state index contributed by atoms with van der Waals surface area (Å²) in [5, 5.41) is 54.9. The number of ether oxygens (including phenoxy) is 2. The molecule has 1 aliphatic rings. The van der Waals surface area contributed by atoms with E-state index in [1.807, 2.05) is 0 Å². The Kier molecular flexibility index (Phi) is 54.4. The van der Waals surface area contributed by atoms with Crippen LogP contribution in [-0.4, -0.2) is 87.5 Å². The lowest BCUT2D eigenvalue weighted by atomic mass is 9.99. The Hall–Kier alpha value is -0.810. The van der Waals surface area contributed by atoms with Gasteiger partial charge in [-0.25, -0.2) is 0 Å². The number of carbonyl (C=O) groups excluding carboxylic acids is 1. The van der Waals surface area contributed by atoms with Crippen molar-refractivity contribution < 1.29 is 39.8 Å². The van der Waals surface area contributed by atoms with Crippen molar-refractivity contribution in [3.8, 4) is 0 Å². The lowest BCUT2D eigenvalue weighted by molar-refractivity contribution is -0.302. The first-order chi connectivity index (χ1) is 36.8. The average Bonchev–Trinajstić information content (AvgIpc) is 3.41. The highest BCUT2D eigenvalue weighted by atomic mass is 16.7. The summed E-state index contributed by atoms with van der Waals surface area (Å²) < 4.78 is 11.4. The van der Waals surface area contributed by atoms with Crippen molar-refractivity contribution >= 4 is 5.91 Å². The highest BCUT2D eigenvalue weighted by Gasteiger charge is 2.44. The van der Waals surface area contributed by atoms with Gasteiger partial charge in [0.2, 0.25) is 5.91 Å². The molecule has 0 saturated carbocycles. The smallest absolute Gasteiger partial charge is 0.220 e. The number of unbranched alkanes of at least 4 members (excludes halogenated alkanes) is 50. The van der Waals surface area contributed by atoms with E-state index in [-0.39, 0.29) is 12.5 Å². The summed E-state index contributed by atoms with van der Waals surface area (Å²) in [4.78, 5) is 13.1. The Balaban J connectivity index is 2.10. The molecule has 0 aromatic rings. The van der Waals surface area contributed by atoms with Gasteiger partial charge in [0.05, 0.1) is 25.4 Å². The third-order valence-corrected chi connectivity index (χ3v) is 16.7. The lowest BCUT2D eigenvalue weighted by Crippen LogP contribution is -2.60. The summed E-state index contributed by atoms with van der Waals surface area (Å²) in [5.74, 6) is -0.134. The number of aliphatic hydroxyl groups excluding tert-OH is 5. The molecule has 1 amide bonds. The Morgan fingerprint density at radius 1 is 0.400 bits per heavy atom. The fourth-order valence-corrected chi connectivity index (χ4v) is 11.4. The van der Waals surface area contributed by atoms with Gasteiger partial charge in [0, 0.05) is 6.42 Å². The maximum atomic E-state index is 13.1. The van der Waals surface area contributed by atoms with E-state index in [2.05, 4.69) is 19.2 Å². The molecule has 9 heteroatoms. The van der Waals surface area contributed by atoms with Crippen molar-refractivity contribution in [1.29, 1.82) is 0 Å². The minimum atomic E-state index is -1.55. The van der Waals surface area contributed by atoms with E-state index >= 15 is 0 Å². The molecule has 0 aromatic heterocycles. The minimum absolute atomic E-state index is 0.130. The Morgan fingerprint density at radius 2 is 0.667 bits per heavy atom. The van der Waals surface area contributed by atoms with E-state index in [0.29, 0.717) is 12.8 Å². The number of nitrogens with one attached hydrogen (secondary N) is 1. The first kappa shape index (κ1) is 72.2. The highest BCUT2D eigenvalue weighted by Crippen LogP contribution is 2.24. The first-order valence-electron chi connectivity index (χ1n) is 33.7. The number of aliphatic hydroxyl groups is 5. The molecule has 448 valence electrons. The van der Waals surface area contributed by atoms with Crippen LogP contribution in [0.25, 0.3) is 0 Å². The molecule has 0 radical (unpaired) electrons. The summed E-state index contributed by atoms with van der Waals surface area (Å²) in [5.41, 5.74) is 0. The zero-order valence-electron chi connectivity index (χ0n) is 50.1. The van der Waals surface area contributed by atoms with Crippen LogP contribution in [0.15, 0.2) is 0 Å². The third kappa shape index (κ3) is 45.6. The third-order valence-electron chi connectivity index (χ3n) is 16.7. The van der Waals surface area contributed by atoms with Crippen LogP contribution in [0, 0.1) is 0 Å². The molecule has 6 N–H and O–H groups in total. The van der Waals surface area contributed by atoms with E-state index in [9.17, 15) is 30.3 Å². The average molecular weight is 1070 g/mol. The number of amides is 1. The van der Waals surface area contributed by atoms with Crippen LogP contribution in [0.3, 0.4) is 0 Å². The van der Waals surface area contributed by atoms with Gasteiger partial charge in [-0.2, -0.15) is 0 Å². The van der Waals surface area contributed by atoms with Crippen LogP contribution < -0.4 is 5.32 Å². The van der Waals surface area contributed by atoms with E-state index in [0.717, 1.165) is 38.5 Å². The second-order valence-corrected chi connectivity index (χ2v) is 24.0. The maximum Gasteiger partial charge on any atom is 0.220 e. The van der Waals surface area contributed by atoms with Crippen molar-refractivity contribution in [1.82, 2.24) is 5.32 Å². The molecule has 1 fully saturated rings. The van der Waals surface area contributed by atoms with Gasteiger partial charge in [-0.15, -0.1) is 0 Å². The van der Waals surface area contributed by atoms with Gasteiger partial charge < -0.3 is 40.3 Å². The summed E-state index contributed by atoms with van der Waals surface area (Å²) in [6.07, 6.45) is 63.1. The molecule has 0 aliphatic carbocycles. The summed E-state index contributed by atoms with van der Waals surface area (Å²) >= 11 is 0. The SMILES string of the molecule is CCCCCCCCCCCCCCCCCCCCCCCCCCCCCCCCCC(O)C(COC1OC(CO)C(O)C(O)C1O)NC(=O)CCCCCCCCCCCCCCCCCCCCCCC. The van der Waals surface area contributed by atoms with Gasteiger partial charge >= 0.3 is 0 Å². The Labute approximate surface area is 465 Å². The topological polar surface area (TPSA) is 149 Å². The largest absolute Gasteiger partial charge is 0.394 e. The zero-order valence-corrected chi connectivity index (χ0v) is 50.1. The number of hydrogen-bond donors (Lipinski definition) is 6. The maximum absolute atomic E-state index is 13.1. The van der Waals surface area contributed by atoms with Crippen molar-refractivity contribution in [3.05, 3.63) is 0 Å². The second-order valence-electron chi connectivity index (χ2n) is 24.0. The van der Waals surface area contributed by atoms with Crippen molar-refractivity contribution in [2.45, 2.75) is 403 Å². The molecule has 9 nitrogen and oxygen atoms in total. The van der Waals surface area contributed by atoms with Gasteiger partial charge in [0.1, 0.15) is 24.4 Å². The van der Waals surface area contributed by atoms with E-state index in [1.54, 1.807) is 0 Å². The van der Waals surface area contributed by atoms with Crippen LogP contribution in [0.4, 0.5) is 0 Å². The number of hydrogen-bond acceptors (Lipinski definition) is 8. The highest BCUT2D eigenvalue weighted by molar-refractivity contribution is 5.76. The molecule has 1 saturated heterocycles. The molecule has 1 heterocycles. The van der Waals surface area contributed by atoms with Gasteiger partial charge in [-0.1, -0.05) is 341 Å². The van der Waals surface area contributed by atoms with E-state index < -0.39 is 49.5 Å². The van der Waals surface area contributed by atoms with Crippen molar-refractivity contribution in [2.75, 3.05) is 13.2 Å². The van der Waals surface area contributed by atoms with Crippen LogP contribution in [-0.2, 0) is 14.3 Å². The second kappa shape index (κ2) is 56.5. The van der Waals surface area contributed by atoms with Crippen molar-refractivity contribution in [3.63, 3.8) is 0 Å². The number of rotatable bonds is 60. The molecule has 7 unspecified atom stereocenters.